The van der Waals surface area contributed by atoms with Crippen LogP contribution in [0.4, 0.5) is 10.5 Å². The largest absolute Gasteiger partial charge is 0.449 e. The highest BCUT2D eigenvalue weighted by atomic mass is 32.1. The number of alkyl carbamates (subject to hydrolysis) is 1. The van der Waals surface area contributed by atoms with Crippen LogP contribution in [0.25, 0.3) is 11.1 Å². The Hall–Kier alpha value is -3.25. The van der Waals surface area contributed by atoms with E-state index in [4.69, 9.17) is 4.74 Å². The smallest absolute Gasteiger partial charge is 0.407 e. The molecule has 0 bridgehead atoms. The van der Waals surface area contributed by atoms with Crippen LogP contribution in [0.2, 0.25) is 0 Å². The van der Waals surface area contributed by atoms with Crippen LogP contribution in [0.5, 0.6) is 0 Å². The highest BCUT2D eigenvalue weighted by Crippen LogP contribution is 2.44. The minimum Gasteiger partial charge on any atom is -0.449 e. The summed E-state index contributed by atoms with van der Waals surface area (Å²) in [6, 6.07) is 23.3. The first-order valence-corrected chi connectivity index (χ1v) is 9.74. The van der Waals surface area contributed by atoms with Crippen molar-refractivity contribution in [3.63, 3.8) is 0 Å². The van der Waals surface area contributed by atoms with E-state index in [9.17, 15) is 9.59 Å². The average molecular weight is 404 g/mol. The number of rotatable bonds is 5. The summed E-state index contributed by atoms with van der Waals surface area (Å²) in [6.07, 6.45) is -0.618. The van der Waals surface area contributed by atoms with E-state index in [1.165, 1.54) is 11.1 Å². The summed E-state index contributed by atoms with van der Waals surface area (Å²) in [5.41, 5.74) is 5.27. The van der Waals surface area contributed by atoms with Crippen LogP contribution in [0.15, 0.2) is 77.7 Å². The molecule has 0 aliphatic heterocycles. The van der Waals surface area contributed by atoms with Gasteiger partial charge in [-0.25, -0.2) is 4.79 Å². The van der Waals surface area contributed by atoms with Gasteiger partial charge in [0.15, 0.2) is 0 Å². The number of carbonyl (C=O) groups excluding carboxylic acids is 2. The molecule has 0 saturated heterocycles. The Morgan fingerprint density at radius 3 is 2.07 bits per heavy atom. The standard InChI is InChI=1S/C23H20N2O3S/c26-22(25-15-9-11-16(29)12-10-15)13-24-23(27)28-14-21-19-7-3-1-5-17(19)18-6-2-4-8-20(18)21/h1-12,21,29H,13-14H2,(H,24,27)(H,25,26). The third kappa shape index (κ3) is 4.27. The molecule has 0 radical (unpaired) electrons. The number of amides is 2. The van der Waals surface area contributed by atoms with Gasteiger partial charge in [0.1, 0.15) is 13.2 Å². The Morgan fingerprint density at radius 2 is 1.45 bits per heavy atom. The second kappa shape index (κ2) is 8.41. The number of ether oxygens (including phenoxy) is 1. The number of anilines is 1. The molecule has 3 aromatic carbocycles. The molecule has 3 aromatic rings. The first-order chi connectivity index (χ1) is 14.1. The van der Waals surface area contributed by atoms with Gasteiger partial charge in [-0.1, -0.05) is 48.5 Å². The molecule has 2 N–H and O–H groups in total. The van der Waals surface area contributed by atoms with Gasteiger partial charge < -0.3 is 15.4 Å². The maximum Gasteiger partial charge on any atom is 0.407 e. The van der Waals surface area contributed by atoms with Crippen molar-refractivity contribution in [1.29, 1.82) is 0 Å². The number of hydrogen-bond donors (Lipinski definition) is 3. The number of fused-ring (bicyclic) bond motifs is 3. The van der Waals surface area contributed by atoms with Gasteiger partial charge in [-0.2, -0.15) is 0 Å². The monoisotopic (exact) mass is 404 g/mol. The van der Waals surface area contributed by atoms with Crippen molar-refractivity contribution < 1.29 is 14.3 Å². The fourth-order valence-corrected chi connectivity index (χ4v) is 3.70. The van der Waals surface area contributed by atoms with Crippen LogP contribution < -0.4 is 10.6 Å². The maximum atomic E-state index is 12.1. The molecule has 0 saturated carbocycles. The van der Waals surface area contributed by atoms with Crippen molar-refractivity contribution in [3.8, 4) is 11.1 Å². The minimum absolute atomic E-state index is 0.0123. The summed E-state index contributed by atoms with van der Waals surface area (Å²) in [5.74, 6) is -0.341. The predicted octanol–water partition coefficient (Wildman–Crippen LogP) is 4.45. The van der Waals surface area contributed by atoms with Gasteiger partial charge in [0.05, 0.1) is 0 Å². The lowest BCUT2D eigenvalue weighted by Crippen LogP contribution is -2.33. The van der Waals surface area contributed by atoms with E-state index in [1.54, 1.807) is 24.3 Å². The number of thiol groups is 1. The Morgan fingerprint density at radius 1 is 0.862 bits per heavy atom. The second-order valence-corrected chi connectivity index (χ2v) is 7.29. The van der Waals surface area contributed by atoms with Crippen molar-refractivity contribution >= 4 is 30.3 Å². The third-order valence-corrected chi connectivity index (χ3v) is 5.19. The van der Waals surface area contributed by atoms with Crippen LogP contribution in [0, 0.1) is 0 Å². The second-order valence-electron chi connectivity index (χ2n) is 6.77. The molecule has 1 aliphatic rings. The molecular formula is C23H20N2O3S. The van der Waals surface area contributed by atoms with Crippen molar-refractivity contribution in [1.82, 2.24) is 5.32 Å². The van der Waals surface area contributed by atoms with Crippen molar-refractivity contribution in [2.45, 2.75) is 10.8 Å². The molecular weight excluding hydrogens is 384 g/mol. The van der Waals surface area contributed by atoms with Gasteiger partial charge >= 0.3 is 6.09 Å². The van der Waals surface area contributed by atoms with E-state index in [2.05, 4.69) is 47.5 Å². The summed E-state index contributed by atoms with van der Waals surface area (Å²) in [6.45, 7) is 0.0458. The first-order valence-electron chi connectivity index (χ1n) is 9.29. The molecule has 6 heteroatoms. The molecule has 1 aliphatic carbocycles. The highest BCUT2D eigenvalue weighted by Gasteiger charge is 2.28. The topological polar surface area (TPSA) is 67.4 Å². The van der Waals surface area contributed by atoms with E-state index in [0.29, 0.717) is 5.69 Å². The van der Waals surface area contributed by atoms with E-state index < -0.39 is 6.09 Å². The van der Waals surface area contributed by atoms with Crippen LogP contribution >= 0.6 is 12.6 Å². The Labute approximate surface area is 174 Å². The summed E-state index contributed by atoms with van der Waals surface area (Å²) >= 11 is 4.20. The SMILES string of the molecule is O=C(CNC(=O)OCC1c2ccccc2-c2ccccc21)Nc1ccc(S)cc1. The van der Waals surface area contributed by atoms with Gasteiger partial charge in [-0.3, -0.25) is 4.79 Å². The van der Waals surface area contributed by atoms with Crippen LogP contribution in [-0.4, -0.2) is 25.2 Å². The lowest BCUT2D eigenvalue weighted by atomic mass is 9.98. The third-order valence-electron chi connectivity index (χ3n) is 4.89. The van der Waals surface area contributed by atoms with Gasteiger partial charge in [0.25, 0.3) is 0 Å². The molecule has 0 spiro atoms. The van der Waals surface area contributed by atoms with E-state index in [0.717, 1.165) is 16.0 Å². The Balaban J connectivity index is 1.32. The molecule has 4 rings (SSSR count). The van der Waals surface area contributed by atoms with Gasteiger partial charge in [-0.15, -0.1) is 12.6 Å². The molecule has 0 heterocycles. The van der Waals surface area contributed by atoms with Crippen LogP contribution in [0.1, 0.15) is 17.0 Å². The van der Waals surface area contributed by atoms with Gasteiger partial charge in [0, 0.05) is 16.5 Å². The predicted molar refractivity (Wildman–Crippen MR) is 115 cm³/mol. The maximum absolute atomic E-state index is 12.1. The van der Waals surface area contributed by atoms with Crippen molar-refractivity contribution in [2.24, 2.45) is 0 Å². The molecule has 0 fully saturated rings. The van der Waals surface area contributed by atoms with Gasteiger partial charge in [-0.05, 0) is 46.5 Å². The summed E-state index contributed by atoms with van der Waals surface area (Å²) in [7, 11) is 0. The van der Waals surface area contributed by atoms with Crippen LogP contribution in [-0.2, 0) is 9.53 Å². The normalized spacial score (nSPS) is 12.0. The molecule has 29 heavy (non-hydrogen) atoms. The Kier molecular flexibility index (Phi) is 5.53. The number of nitrogens with one attached hydrogen (secondary N) is 2. The fourth-order valence-electron chi connectivity index (χ4n) is 3.55. The zero-order valence-electron chi connectivity index (χ0n) is 15.6. The Bertz CT molecular complexity index is 1000. The molecule has 146 valence electrons. The first kappa shape index (κ1) is 19.1. The van der Waals surface area contributed by atoms with Gasteiger partial charge in [0.2, 0.25) is 5.91 Å². The molecule has 2 amide bonds. The molecule has 0 atom stereocenters. The van der Waals surface area contributed by atoms with E-state index in [-0.39, 0.29) is 25.0 Å². The number of carbonyl (C=O) groups is 2. The zero-order chi connectivity index (χ0) is 20.2. The average Bonchev–Trinajstić information content (AvgIpc) is 3.06. The summed E-state index contributed by atoms with van der Waals surface area (Å²) in [5, 5.41) is 5.20. The lowest BCUT2D eigenvalue weighted by molar-refractivity contribution is -0.115. The fraction of sp³-hybridized carbons (Fsp3) is 0.130. The van der Waals surface area contributed by atoms with Crippen LogP contribution in [0.3, 0.4) is 0 Å². The quantitative estimate of drug-likeness (QED) is 0.550. The molecule has 5 nitrogen and oxygen atoms in total. The molecule has 0 aromatic heterocycles. The van der Waals surface area contributed by atoms with Crippen molar-refractivity contribution in [2.75, 3.05) is 18.5 Å². The zero-order valence-corrected chi connectivity index (χ0v) is 16.5. The van der Waals surface area contributed by atoms with E-state index >= 15 is 0 Å². The lowest BCUT2D eigenvalue weighted by Gasteiger charge is -2.14. The molecule has 0 unspecified atom stereocenters. The van der Waals surface area contributed by atoms with E-state index in [1.807, 2.05) is 24.3 Å². The summed E-state index contributed by atoms with van der Waals surface area (Å²) in [4.78, 5) is 24.9. The highest BCUT2D eigenvalue weighted by molar-refractivity contribution is 7.80. The number of hydrogen-bond acceptors (Lipinski definition) is 4. The summed E-state index contributed by atoms with van der Waals surface area (Å²) < 4.78 is 5.42. The minimum atomic E-state index is -0.618. The number of benzene rings is 3. The van der Waals surface area contributed by atoms with Crippen molar-refractivity contribution in [3.05, 3.63) is 83.9 Å².